The SMILES string of the molecule is C[C@@H]1CC(=O)O[C@@H]1c1ccoc1. The summed E-state index contributed by atoms with van der Waals surface area (Å²) in [6.07, 6.45) is 3.63. The zero-order valence-electron chi connectivity index (χ0n) is 6.82. The van der Waals surface area contributed by atoms with Crippen LogP contribution in [0.5, 0.6) is 0 Å². The van der Waals surface area contributed by atoms with Gasteiger partial charge in [0.2, 0.25) is 0 Å². The number of rotatable bonds is 1. The highest BCUT2D eigenvalue weighted by Crippen LogP contribution is 2.34. The van der Waals surface area contributed by atoms with Gasteiger partial charge in [-0.05, 0) is 6.07 Å². The van der Waals surface area contributed by atoms with Crippen LogP contribution in [-0.4, -0.2) is 5.97 Å². The highest BCUT2D eigenvalue weighted by molar-refractivity contribution is 5.72. The third kappa shape index (κ3) is 1.11. The minimum atomic E-state index is -0.117. The lowest BCUT2D eigenvalue weighted by atomic mass is 10.00. The molecule has 3 nitrogen and oxygen atoms in total. The second-order valence-corrected chi connectivity index (χ2v) is 3.15. The van der Waals surface area contributed by atoms with Crippen LogP contribution in [-0.2, 0) is 9.53 Å². The Labute approximate surface area is 70.3 Å². The Hall–Kier alpha value is -1.25. The predicted octanol–water partition coefficient (Wildman–Crippen LogP) is 1.90. The molecule has 0 amide bonds. The fourth-order valence-electron chi connectivity index (χ4n) is 1.51. The van der Waals surface area contributed by atoms with Crippen LogP contribution in [0.25, 0.3) is 0 Å². The summed E-state index contributed by atoms with van der Waals surface area (Å²) in [5, 5.41) is 0. The van der Waals surface area contributed by atoms with E-state index in [1.807, 2.05) is 13.0 Å². The van der Waals surface area contributed by atoms with Crippen LogP contribution in [0.4, 0.5) is 0 Å². The van der Waals surface area contributed by atoms with Crippen LogP contribution in [0.3, 0.4) is 0 Å². The summed E-state index contributed by atoms with van der Waals surface area (Å²) in [6, 6.07) is 1.83. The molecule has 1 aliphatic rings. The fourth-order valence-corrected chi connectivity index (χ4v) is 1.51. The Morgan fingerprint density at radius 2 is 2.42 bits per heavy atom. The van der Waals surface area contributed by atoms with E-state index in [2.05, 4.69) is 0 Å². The van der Waals surface area contributed by atoms with Crippen molar-refractivity contribution in [2.45, 2.75) is 19.4 Å². The number of esters is 1. The van der Waals surface area contributed by atoms with E-state index in [0.717, 1.165) is 5.56 Å². The topological polar surface area (TPSA) is 39.4 Å². The van der Waals surface area contributed by atoms with Gasteiger partial charge in [0.25, 0.3) is 0 Å². The number of furan rings is 1. The van der Waals surface area contributed by atoms with Crippen molar-refractivity contribution >= 4 is 5.97 Å². The molecule has 2 rings (SSSR count). The molecule has 0 N–H and O–H groups in total. The Balaban J connectivity index is 2.20. The quantitative estimate of drug-likeness (QED) is 0.598. The highest BCUT2D eigenvalue weighted by Gasteiger charge is 2.32. The first-order valence-electron chi connectivity index (χ1n) is 3.99. The maximum Gasteiger partial charge on any atom is 0.306 e. The molecule has 2 atom stereocenters. The first kappa shape index (κ1) is 7.40. The smallest absolute Gasteiger partial charge is 0.306 e. The van der Waals surface area contributed by atoms with Crippen molar-refractivity contribution in [2.75, 3.05) is 0 Å². The van der Waals surface area contributed by atoms with Gasteiger partial charge in [0.15, 0.2) is 0 Å². The van der Waals surface area contributed by atoms with Crippen LogP contribution in [0.2, 0.25) is 0 Å². The van der Waals surface area contributed by atoms with Crippen molar-refractivity contribution in [3.63, 3.8) is 0 Å². The second-order valence-electron chi connectivity index (χ2n) is 3.15. The van der Waals surface area contributed by atoms with Crippen molar-refractivity contribution in [3.8, 4) is 0 Å². The number of cyclic esters (lactones) is 1. The van der Waals surface area contributed by atoms with Gasteiger partial charge in [0.1, 0.15) is 6.10 Å². The van der Waals surface area contributed by atoms with E-state index in [1.165, 1.54) is 0 Å². The minimum absolute atomic E-state index is 0.101. The van der Waals surface area contributed by atoms with Gasteiger partial charge in [-0.15, -0.1) is 0 Å². The van der Waals surface area contributed by atoms with Crippen LogP contribution >= 0.6 is 0 Å². The molecule has 0 aromatic carbocycles. The lowest BCUT2D eigenvalue weighted by Gasteiger charge is -2.10. The van der Waals surface area contributed by atoms with Crippen LogP contribution in [0.1, 0.15) is 25.0 Å². The number of ether oxygens (including phenoxy) is 1. The number of carbonyl (C=O) groups is 1. The Morgan fingerprint density at radius 1 is 1.58 bits per heavy atom. The first-order valence-corrected chi connectivity index (χ1v) is 3.99. The minimum Gasteiger partial charge on any atom is -0.472 e. The third-order valence-corrected chi connectivity index (χ3v) is 2.14. The van der Waals surface area contributed by atoms with E-state index in [-0.39, 0.29) is 18.0 Å². The third-order valence-electron chi connectivity index (χ3n) is 2.14. The van der Waals surface area contributed by atoms with Gasteiger partial charge in [-0.2, -0.15) is 0 Å². The molecular weight excluding hydrogens is 156 g/mol. The van der Waals surface area contributed by atoms with Gasteiger partial charge in [-0.25, -0.2) is 0 Å². The summed E-state index contributed by atoms with van der Waals surface area (Å²) in [5.41, 5.74) is 0.952. The van der Waals surface area contributed by atoms with Gasteiger partial charge >= 0.3 is 5.97 Å². The monoisotopic (exact) mass is 166 g/mol. The summed E-state index contributed by atoms with van der Waals surface area (Å²) in [5.74, 6) is 0.142. The lowest BCUT2D eigenvalue weighted by molar-refractivity contribution is -0.141. The molecule has 1 aliphatic heterocycles. The zero-order chi connectivity index (χ0) is 8.55. The van der Waals surface area contributed by atoms with Crippen molar-refractivity contribution in [1.82, 2.24) is 0 Å². The maximum atomic E-state index is 10.9. The average molecular weight is 166 g/mol. The van der Waals surface area contributed by atoms with Crippen LogP contribution in [0.15, 0.2) is 23.0 Å². The van der Waals surface area contributed by atoms with Crippen LogP contribution in [0, 0.1) is 5.92 Å². The zero-order valence-corrected chi connectivity index (χ0v) is 6.82. The summed E-state index contributed by atoms with van der Waals surface area (Å²) >= 11 is 0. The van der Waals surface area contributed by atoms with E-state index in [4.69, 9.17) is 9.15 Å². The molecule has 64 valence electrons. The van der Waals surface area contributed by atoms with Crippen LogP contribution < -0.4 is 0 Å². The summed E-state index contributed by atoms with van der Waals surface area (Å²) < 4.78 is 10.0. The van der Waals surface area contributed by atoms with E-state index >= 15 is 0 Å². The van der Waals surface area contributed by atoms with E-state index < -0.39 is 0 Å². The van der Waals surface area contributed by atoms with Gasteiger partial charge in [-0.1, -0.05) is 6.92 Å². The molecular formula is C9H10O3. The largest absolute Gasteiger partial charge is 0.472 e. The Bertz CT molecular complexity index is 276. The number of hydrogen-bond acceptors (Lipinski definition) is 3. The normalized spacial score (nSPS) is 28.9. The van der Waals surface area contributed by atoms with Crippen molar-refractivity contribution < 1.29 is 13.9 Å². The first-order chi connectivity index (χ1) is 5.77. The Morgan fingerprint density at radius 3 is 2.92 bits per heavy atom. The van der Waals surface area contributed by atoms with Gasteiger partial charge in [0.05, 0.1) is 18.9 Å². The molecule has 0 unspecified atom stereocenters. The number of hydrogen-bond donors (Lipinski definition) is 0. The van der Waals surface area contributed by atoms with E-state index in [9.17, 15) is 4.79 Å². The molecule has 0 radical (unpaired) electrons. The number of carbonyl (C=O) groups excluding carboxylic acids is 1. The van der Waals surface area contributed by atoms with Crippen molar-refractivity contribution in [3.05, 3.63) is 24.2 Å². The van der Waals surface area contributed by atoms with Crippen molar-refractivity contribution in [2.24, 2.45) is 5.92 Å². The lowest BCUT2D eigenvalue weighted by Crippen LogP contribution is -2.02. The molecule has 1 fully saturated rings. The van der Waals surface area contributed by atoms with Gasteiger partial charge in [0, 0.05) is 11.5 Å². The summed E-state index contributed by atoms with van der Waals surface area (Å²) in [7, 11) is 0. The second kappa shape index (κ2) is 2.66. The van der Waals surface area contributed by atoms with E-state index in [1.54, 1.807) is 12.5 Å². The summed E-state index contributed by atoms with van der Waals surface area (Å²) in [6.45, 7) is 2.00. The summed E-state index contributed by atoms with van der Waals surface area (Å²) in [4.78, 5) is 10.9. The van der Waals surface area contributed by atoms with Gasteiger partial charge in [-0.3, -0.25) is 4.79 Å². The van der Waals surface area contributed by atoms with Gasteiger partial charge < -0.3 is 9.15 Å². The molecule has 1 aromatic rings. The standard InChI is InChI=1S/C9H10O3/c1-6-4-8(10)12-9(6)7-2-3-11-5-7/h2-3,5-6,9H,4H2,1H3/t6-,9+/m1/s1. The molecule has 0 aliphatic carbocycles. The molecule has 0 bridgehead atoms. The van der Waals surface area contributed by atoms with E-state index in [0.29, 0.717) is 6.42 Å². The molecule has 0 saturated carbocycles. The average Bonchev–Trinajstić information content (AvgIpc) is 2.58. The Kier molecular flexibility index (Phi) is 1.64. The molecule has 2 heterocycles. The molecule has 1 aromatic heterocycles. The van der Waals surface area contributed by atoms with Crippen molar-refractivity contribution in [1.29, 1.82) is 0 Å². The molecule has 1 saturated heterocycles. The predicted molar refractivity (Wildman–Crippen MR) is 41.3 cm³/mol. The maximum absolute atomic E-state index is 10.9. The molecule has 12 heavy (non-hydrogen) atoms. The molecule has 3 heteroatoms. The highest BCUT2D eigenvalue weighted by atomic mass is 16.6. The fraction of sp³-hybridized carbons (Fsp3) is 0.444. The molecule has 0 spiro atoms.